The monoisotopic (exact) mass is 370 g/mol. The Labute approximate surface area is 149 Å². The molecule has 8 heteroatoms. The van der Waals surface area contributed by atoms with E-state index in [2.05, 4.69) is 5.32 Å². The Balaban J connectivity index is 1.65. The van der Waals surface area contributed by atoms with Crippen LogP contribution in [0, 0.1) is 17.8 Å². The van der Waals surface area contributed by atoms with Gasteiger partial charge in [-0.15, -0.1) is 0 Å². The number of amides is 2. The van der Waals surface area contributed by atoms with E-state index in [-0.39, 0.29) is 6.04 Å². The van der Waals surface area contributed by atoms with Crippen LogP contribution in [0.3, 0.4) is 0 Å². The van der Waals surface area contributed by atoms with Crippen molar-refractivity contribution in [3.8, 4) is 0 Å². The minimum atomic E-state index is -4.64. The van der Waals surface area contributed by atoms with Crippen LogP contribution in [0.2, 0.25) is 0 Å². The predicted octanol–water partition coefficient (Wildman–Crippen LogP) is 2.91. The molecule has 0 bridgehead atoms. The number of carbonyl (C=O) groups is 2. The number of likely N-dealkylation sites (tertiary alicyclic amines) is 1. The van der Waals surface area contributed by atoms with Gasteiger partial charge in [0.2, 0.25) is 0 Å². The number of halogens is 3. The van der Waals surface area contributed by atoms with Gasteiger partial charge < -0.3 is 15.3 Å². The minimum absolute atomic E-state index is 0.155. The van der Waals surface area contributed by atoms with E-state index in [0.29, 0.717) is 12.3 Å². The van der Waals surface area contributed by atoms with E-state index in [4.69, 9.17) is 5.11 Å². The number of alkyl halides is 3. The van der Waals surface area contributed by atoms with Gasteiger partial charge in [-0.05, 0) is 30.7 Å². The Kier molecular flexibility index (Phi) is 5.11. The second-order valence-corrected chi connectivity index (χ2v) is 7.08. The number of carboxylic acids is 1. The van der Waals surface area contributed by atoms with Crippen LogP contribution < -0.4 is 5.32 Å². The number of nitrogens with one attached hydrogen (secondary N) is 1. The number of urea groups is 1. The van der Waals surface area contributed by atoms with Crippen molar-refractivity contribution in [3.05, 3.63) is 35.9 Å². The molecule has 3 rings (SSSR count). The highest BCUT2D eigenvalue weighted by Crippen LogP contribution is 2.38. The van der Waals surface area contributed by atoms with Crippen LogP contribution >= 0.6 is 0 Å². The highest BCUT2D eigenvalue weighted by Gasteiger charge is 2.53. The van der Waals surface area contributed by atoms with Gasteiger partial charge >= 0.3 is 18.2 Å². The van der Waals surface area contributed by atoms with E-state index < -0.39 is 43.1 Å². The molecule has 1 aliphatic carbocycles. The van der Waals surface area contributed by atoms with E-state index in [1.165, 1.54) is 0 Å². The summed E-state index contributed by atoms with van der Waals surface area (Å²) in [6.45, 7) is -1.04. The van der Waals surface area contributed by atoms with Crippen molar-refractivity contribution in [3.63, 3.8) is 0 Å². The largest absolute Gasteiger partial charge is 0.481 e. The van der Waals surface area contributed by atoms with Crippen molar-refractivity contribution in [2.45, 2.75) is 31.5 Å². The van der Waals surface area contributed by atoms with Crippen molar-refractivity contribution in [2.75, 3.05) is 13.1 Å². The number of hydrogen-bond acceptors (Lipinski definition) is 2. The number of benzene rings is 1. The third-order valence-corrected chi connectivity index (χ3v) is 5.14. The summed E-state index contributed by atoms with van der Waals surface area (Å²) >= 11 is 0. The SMILES string of the molecule is O=C(O)[C@@H]1CN(C(=O)NC(Cc2ccccc2)C2CC2)C[C@H]1C(F)(F)F. The van der Waals surface area contributed by atoms with Gasteiger partial charge in [-0.25, -0.2) is 4.79 Å². The van der Waals surface area contributed by atoms with Gasteiger partial charge in [-0.1, -0.05) is 30.3 Å². The van der Waals surface area contributed by atoms with Gasteiger partial charge in [0.1, 0.15) is 0 Å². The van der Waals surface area contributed by atoms with Crippen LogP contribution in [-0.2, 0) is 11.2 Å². The zero-order chi connectivity index (χ0) is 18.9. The maximum absolute atomic E-state index is 13.1. The molecule has 2 N–H and O–H groups in total. The topological polar surface area (TPSA) is 69.6 Å². The maximum Gasteiger partial charge on any atom is 0.394 e. The molecule has 1 aliphatic heterocycles. The number of carboxylic acid groups (broad SMARTS) is 1. The lowest BCUT2D eigenvalue weighted by molar-refractivity contribution is -0.187. The summed E-state index contributed by atoms with van der Waals surface area (Å²) < 4.78 is 39.2. The molecule has 1 saturated carbocycles. The lowest BCUT2D eigenvalue weighted by Crippen LogP contribution is -2.46. The average Bonchev–Trinajstić information content (AvgIpc) is 3.30. The summed E-state index contributed by atoms with van der Waals surface area (Å²) in [6, 6.07) is 8.80. The van der Waals surface area contributed by atoms with Gasteiger partial charge in [-0.3, -0.25) is 4.79 Å². The summed E-state index contributed by atoms with van der Waals surface area (Å²) in [7, 11) is 0. The second kappa shape index (κ2) is 7.17. The van der Waals surface area contributed by atoms with Gasteiger partial charge in [0.15, 0.2) is 0 Å². The first-order valence-corrected chi connectivity index (χ1v) is 8.64. The second-order valence-electron chi connectivity index (χ2n) is 7.08. The van der Waals surface area contributed by atoms with Gasteiger partial charge in [0.05, 0.1) is 11.8 Å². The summed E-state index contributed by atoms with van der Waals surface area (Å²) in [4.78, 5) is 24.6. The van der Waals surface area contributed by atoms with Crippen molar-refractivity contribution < 1.29 is 27.9 Å². The third kappa shape index (κ3) is 4.28. The predicted molar refractivity (Wildman–Crippen MR) is 87.4 cm³/mol. The van der Waals surface area contributed by atoms with E-state index in [1.54, 1.807) is 0 Å². The first-order valence-electron chi connectivity index (χ1n) is 8.64. The molecule has 0 radical (unpaired) electrons. The van der Waals surface area contributed by atoms with E-state index in [0.717, 1.165) is 23.3 Å². The lowest BCUT2D eigenvalue weighted by atomic mass is 9.96. The van der Waals surface area contributed by atoms with Crippen LogP contribution in [0.15, 0.2) is 30.3 Å². The number of aliphatic carboxylic acids is 1. The van der Waals surface area contributed by atoms with E-state index >= 15 is 0 Å². The summed E-state index contributed by atoms with van der Waals surface area (Å²) in [5.74, 6) is -4.85. The number of rotatable bonds is 5. The number of carbonyl (C=O) groups excluding carboxylic acids is 1. The Morgan fingerprint density at radius 3 is 2.35 bits per heavy atom. The molecule has 1 unspecified atom stereocenters. The van der Waals surface area contributed by atoms with Crippen LogP contribution in [0.4, 0.5) is 18.0 Å². The van der Waals surface area contributed by atoms with Crippen molar-refractivity contribution in [1.82, 2.24) is 10.2 Å². The average molecular weight is 370 g/mol. The molecular weight excluding hydrogens is 349 g/mol. The van der Waals surface area contributed by atoms with Crippen LogP contribution in [0.1, 0.15) is 18.4 Å². The van der Waals surface area contributed by atoms with Crippen molar-refractivity contribution >= 4 is 12.0 Å². The first-order chi connectivity index (χ1) is 12.3. The molecule has 1 aromatic carbocycles. The summed E-state index contributed by atoms with van der Waals surface area (Å²) in [5.41, 5.74) is 1.04. The standard InChI is InChI=1S/C18H21F3N2O3/c19-18(20,21)14-10-23(9-13(14)16(24)25)17(26)22-15(12-6-7-12)8-11-4-2-1-3-5-11/h1-5,12-15H,6-10H2,(H,22,26)(H,24,25)/t13-,14-,15?/m1/s1. The zero-order valence-electron chi connectivity index (χ0n) is 14.1. The van der Waals surface area contributed by atoms with Crippen LogP contribution in [0.5, 0.6) is 0 Å². The quantitative estimate of drug-likeness (QED) is 0.837. The smallest absolute Gasteiger partial charge is 0.394 e. The molecule has 2 aliphatic rings. The lowest BCUT2D eigenvalue weighted by Gasteiger charge is -2.24. The molecule has 0 spiro atoms. The molecule has 0 aromatic heterocycles. The molecule has 2 fully saturated rings. The molecule has 142 valence electrons. The number of hydrogen-bond donors (Lipinski definition) is 2. The fraction of sp³-hybridized carbons (Fsp3) is 0.556. The Morgan fingerprint density at radius 2 is 1.85 bits per heavy atom. The Bertz CT molecular complexity index is 661. The van der Waals surface area contributed by atoms with Gasteiger partial charge in [-0.2, -0.15) is 13.2 Å². The highest BCUT2D eigenvalue weighted by atomic mass is 19.4. The fourth-order valence-corrected chi connectivity index (χ4v) is 3.50. The first kappa shape index (κ1) is 18.5. The maximum atomic E-state index is 13.1. The fourth-order valence-electron chi connectivity index (χ4n) is 3.50. The molecule has 1 heterocycles. The Morgan fingerprint density at radius 1 is 1.19 bits per heavy atom. The molecular formula is C18H21F3N2O3. The zero-order valence-corrected chi connectivity index (χ0v) is 14.1. The van der Waals surface area contributed by atoms with E-state index in [9.17, 15) is 22.8 Å². The molecule has 5 nitrogen and oxygen atoms in total. The van der Waals surface area contributed by atoms with Crippen LogP contribution in [-0.4, -0.2) is 47.3 Å². The molecule has 3 atom stereocenters. The molecule has 26 heavy (non-hydrogen) atoms. The highest BCUT2D eigenvalue weighted by molar-refractivity contribution is 5.78. The Hall–Kier alpha value is -2.25. The molecule has 1 saturated heterocycles. The van der Waals surface area contributed by atoms with Gasteiger partial charge in [0.25, 0.3) is 0 Å². The van der Waals surface area contributed by atoms with Gasteiger partial charge in [0, 0.05) is 19.1 Å². The minimum Gasteiger partial charge on any atom is -0.481 e. The molecule has 1 aromatic rings. The van der Waals surface area contributed by atoms with E-state index in [1.807, 2.05) is 30.3 Å². The number of nitrogens with zero attached hydrogens (tertiary/aromatic N) is 1. The molecule has 2 amide bonds. The third-order valence-electron chi connectivity index (χ3n) is 5.14. The van der Waals surface area contributed by atoms with Crippen molar-refractivity contribution in [2.24, 2.45) is 17.8 Å². The normalized spacial score (nSPS) is 24.3. The summed E-state index contributed by atoms with van der Waals surface area (Å²) in [5, 5.41) is 11.9. The summed E-state index contributed by atoms with van der Waals surface area (Å²) in [6.07, 6.45) is -2.09. The van der Waals surface area contributed by atoms with Crippen molar-refractivity contribution in [1.29, 1.82) is 0 Å². The van der Waals surface area contributed by atoms with Crippen LogP contribution in [0.25, 0.3) is 0 Å².